The molecule has 7 nitrogen and oxygen atoms in total. The maximum absolute atomic E-state index is 12.4. The first-order chi connectivity index (χ1) is 13.1. The minimum atomic E-state index is -0.416. The third-order valence-corrected chi connectivity index (χ3v) is 4.35. The number of hydrogen-bond donors (Lipinski definition) is 1. The number of ether oxygens (including phenoxy) is 1. The average Bonchev–Trinajstić information content (AvgIpc) is 2.67. The van der Waals surface area contributed by atoms with Gasteiger partial charge in [-0.15, -0.1) is 0 Å². The van der Waals surface area contributed by atoms with E-state index in [1.807, 2.05) is 13.0 Å². The van der Waals surface area contributed by atoms with Crippen molar-refractivity contribution in [3.05, 3.63) is 54.4 Å². The summed E-state index contributed by atoms with van der Waals surface area (Å²) in [6, 6.07) is 10.5. The lowest BCUT2D eigenvalue weighted by atomic mass is 9.89. The predicted molar refractivity (Wildman–Crippen MR) is 99.2 cm³/mol. The third-order valence-electron chi connectivity index (χ3n) is 4.35. The highest BCUT2D eigenvalue weighted by Gasteiger charge is 2.34. The van der Waals surface area contributed by atoms with Gasteiger partial charge in [-0.05, 0) is 42.8 Å². The zero-order valence-corrected chi connectivity index (χ0v) is 15.1. The molecule has 27 heavy (non-hydrogen) atoms. The van der Waals surface area contributed by atoms with E-state index in [0.717, 1.165) is 10.5 Å². The Kier molecular flexibility index (Phi) is 5.80. The minimum absolute atomic E-state index is 0.188. The first kappa shape index (κ1) is 18.6. The van der Waals surface area contributed by atoms with Crippen LogP contribution in [-0.2, 0) is 14.4 Å². The molecule has 0 unspecified atom stereocenters. The van der Waals surface area contributed by atoms with Gasteiger partial charge in [0.2, 0.25) is 17.7 Å². The second-order valence-corrected chi connectivity index (χ2v) is 6.27. The molecular weight excluding hydrogens is 346 g/mol. The number of hydrogen-bond acceptors (Lipinski definition) is 5. The molecule has 0 atom stereocenters. The van der Waals surface area contributed by atoms with Crippen LogP contribution in [0.5, 0.6) is 5.75 Å². The normalized spacial score (nSPS) is 14.9. The van der Waals surface area contributed by atoms with Gasteiger partial charge < -0.3 is 10.1 Å². The van der Waals surface area contributed by atoms with Crippen molar-refractivity contribution >= 4 is 23.4 Å². The largest absolute Gasteiger partial charge is 0.494 e. The zero-order valence-electron chi connectivity index (χ0n) is 15.1. The number of likely N-dealkylation sites (tertiary alicyclic amines) is 1. The zero-order chi connectivity index (χ0) is 19.2. The van der Waals surface area contributed by atoms with Crippen molar-refractivity contribution in [2.45, 2.75) is 25.7 Å². The van der Waals surface area contributed by atoms with Gasteiger partial charge in [-0.3, -0.25) is 24.3 Å². The number of aromatic nitrogens is 1. The number of carbonyl (C=O) groups is 3. The molecule has 1 aromatic heterocycles. The molecule has 1 fully saturated rings. The number of rotatable bonds is 6. The summed E-state index contributed by atoms with van der Waals surface area (Å²) < 4.78 is 5.35. The third kappa shape index (κ3) is 4.69. The second kappa shape index (κ2) is 8.44. The van der Waals surface area contributed by atoms with E-state index >= 15 is 0 Å². The van der Waals surface area contributed by atoms with Crippen LogP contribution in [-0.4, -0.2) is 40.8 Å². The summed E-state index contributed by atoms with van der Waals surface area (Å²) >= 11 is 0. The Labute approximate surface area is 157 Å². The first-order valence-corrected chi connectivity index (χ1v) is 8.82. The van der Waals surface area contributed by atoms with Crippen LogP contribution in [0.1, 0.15) is 31.2 Å². The molecule has 0 aliphatic carbocycles. The van der Waals surface area contributed by atoms with E-state index in [4.69, 9.17) is 4.74 Å². The number of pyridine rings is 1. The Morgan fingerprint density at radius 3 is 2.48 bits per heavy atom. The molecule has 2 heterocycles. The maximum atomic E-state index is 12.4. The summed E-state index contributed by atoms with van der Waals surface area (Å²) in [5.41, 5.74) is 1.44. The van der Waals surface area contributed by atoms with Crippen LogP contribution in [0.4, 0.5) is 5.69 Å². The van der Waals surface area contributed by atoms with E-state index in [2.05, 4.69) is 10.3 Å². The topological polar surface area (TPSA) is 88.6 Å². The van der Waals surface area contributed by atoms with Crippen molar-refractivity contribution in [3.63, 3.8) is 0 Å². The fraction of sp³-hybridized carbons (Fsp3) is 0.300. The van der Waals surface area contributed by atoms with E-state index in [1.165, 1.54) is 0 Å². The van der Waals surface area contributed by atoms with Gasteiger partial charge in [-0.1, -0.05) is 6.07 Å². The summed E-state index contributed by atoms with van der Waals surface area (Å²) in [6.45, 7) is 2.16. The van der Waals surface area contributed by atoms with Gasteiger partial charge in [0, 0.05) is 36.8 Å². The smallest absolute Gasteiger partial charge is 0.244 e. The Morgan fingerprint density at radius 1 is 1.19 bits per heavy atom. The van der Waals surface area contributed by atoms with Gasteiger partial charge >= 0.3 is 0 Å². The summed E-state index contributed by atoms with van der Waals surface area (Å²) in [5, 5.41) is 2.69. The number of benzene rings is 1. The fourth-order valence-electron chi connectivity index (χ4n) is 3.03. The van der Waals surface area contributed by atoms with Crippen LogP contribution in [0, 0.1) is 0 Å². The number of imide groups is 1. The van der Waals surface area contributed by atoms with Crippen molar-refractivity contribution in [1.82, 2.24) is 9.88 Å². The van der Waals surface area contributed by atoms with Gasteiger partial charge in [-0.25, -0.2) is 0 Å². The van der Waals surface area contributed by atoms with E-state index in [-0.39, 0.29) is 37.1 Å². The molecule has 7 heteroatoms. The van der Waals surface area contributed by atoms with Crippen LogP contribution >= 0.6 is 0 Å². The lowest BCUT2D eigenvalue weighted by Gasteiger charge is -2.29. The molecule has 1 aliphatic heterocycles. The quantitative estimate of drug-likeness (QED) is 0.792. The Balaban J connectivity index is 1.58. The Morgan fingerprint density at radius 2 is 1.89 bits per heavy atom. The molecule has 0 radical (unpaired) electrons. The highest BCUT2D eigenvalue weighted by molar-refractivity contribution is 6.04. The van der Waals surface area contributed by atoms with Crippen molar-refractivity contribution in [2.75, 3.05) is 18.5 Å². The highest BCUT2D eigenvalue weighted by atomic mass is 16.5. The standard InChI is InChI=1S/C20H21N3O4/c1-2-27-17-7-5-16(6-8-17)22-18(24)13-23-19(25)10-15(11-20(23)26)14-4-3-9-21-12-14/h3-9,12,15H,2,10-11,13H2,1H3,(H,22,24). The molecule has 2 aromatic rings. The average molecular weight is 367 g/mol. The molecule has 1 N–H and O–H groups in total. The van der Waals surface area contributed by atoms with Crippen molar-refractivity contribution < 1.29 is 19.1 Å². The fourth-order valence-corrected chi connectivity index (χ4v) is 3.03. The van der Waals surface area contributed by atoms with Gasteiger partial charge in [-0.2, -0.15) is 0 Å². The number of amides is 3. The molecule has 1 aromatic carbocycles. The summed E-state index contributed by atoms with van der Waals surface area (Å²) in [7, 11) is 0. The van der Waals surface area contributed by atoms with E-state index in [1.54, 1.807) is 42.7 Å². The lowest BCUT2D eigenvalue weighted by Crippen LogP contribution is -2.46. The molecule has 1 saturated heterocycles. The molecule has 0 bridgehead atoms. The SMILES string of the molecule is CCOc1ccc(NC(=O)CN2C(=O)CC(c3cccnc3)CC2=O)cc1. The maximum Gasteiger partial charge on any atom is 0.244 e. The summed E-state index contributed by atoms with van der Waals surface area (Å²) in [4.78, 5) is 42.1. The number of anilines is 1. The van der Waals surface area contributed by atoms with Crippen LogP contribution < -0.4 is 10.1 Å². The molecule has 0 spiro atoms. The number of nitrogens with one attached hydrogen (secondary N) is 1. The van der Waals surface area contributed by atoms with Crippen LogP contribution in [0.25, 0.3) is 0 Å². The van der Waals surface area contributed by atoms with Crippen LogP contribution in [0.15, 0.2) is 48.8 Å². The molecule has 1 aliphatic rings. The van der Waals surface area contributed by atoms with E-state index in [0.29, 0.717) is 18.0 Å². The molecule has 3 rings (SSSR count). The number of carbonyl (C=O) groups excluding carboxylic acids is 3. The van der Waals surface area contributed by atoms with Gasteiger partial charge in [0.05, 0.1) is 6.61 Å². The van der Waals surface area contributed by atoms with E-state index < -0.39 is 5.91 Å². The Hall–Kier alpha value is -3.22. The first-order valence-electron chi connectivity index (χ1n) is 8.82. The molecule has 0 saturated carbocycles. The predicted octanol–water partition coefficient (Wildman–Crippen LogP) is 2.35. The summed E-state index contributed by atoms with van der Waals surface area (Å²) in [5.74, 6) is -0.591. The number of nitrogens with zero attached hydrogens (tertiary/aromatic N) is 2. The van der Waals surface area contributed by atoms with Crippen LogP contribution in [0.3, 0.4) is 0 Å². The number of piperidine rings is 1. The second-order valence-electron chi connectivity index (χ2n) is 6.27. The molecule has 140 valence electrons. The van der Waals surface area contributed by atoms with Crippen molar-refractivity contribution in [3.8, 4) is 5.75 Å². The van der Waals surface area contributed by atoms with Crippen LogP contribution in [0.2, 0.25) is 0 Å². The Bertz CT molecular complexity index is 803. The van der Waals surface area contributed by atoms with Crippen molar-refractivity contribution in [1.29, 1.82) is 0 Å². The van der Waals surface area contributed by atoms with Gasteiger partial charge in [0.25, 0.3) is 0 Å². The van der Waals surface area contributed by atoms with E-state index in [9.17, 15) is 14.4 Å². The highest BCUT2D eigenvalue weighted by Crippen LogP contribution is 2.28. The monoisotopic (exact) mass is 367 g/mol. The van der Waals surface area contributed by atoms with Crippen molar-refractivity contribution in [2.24, 2.45) is 0 Å². The van der Waals surface area contributed by atoms with Gasteiger partial charge in [0.1, 0.15) is 12.3 Å². The molecular formula is C20H21N3O4. The summed E-state index contributed by atoms with van der Waals surface area (Å²) in [6.07, 6.45) is 3.69. The van der Waals surface area contributed by atoms with Gasteiger partial charge in [0.15, 0.2) is 0 Å². The molecule has 3 amide bonds. The minimum Gasteiger partial charge on any atom is -0.494 e. The lowest BCUT2D eigenvalue weighted by molar-refractivity contribution is -0.150.